The summed E-state index contributed by atoms with van der Waals surface area (Å²) in [5, 5.41) is 2.80. The van der Waals surface area contributed by atoms with E-state index in [9.17, 15) is 18.8 Å². The molecule has 2 aliphatic heterocycles. The number of carbonyl (C=O) groups excluding carboxylic acids is 3. The van der Waals surface area contributed by atoms with Crippen molar-refractivity contribution in [2.75, 3.05) is 37.0 Å². The van der Waals surface area contributed by atoms with Crippen LogP contribution in [-0.4, -0.2) is 55.8 Å². The first-order valence-corrected chi connectivity index (χ1v) is 10.8. The van der Waals surface area contributed by atoms with Crippen molar-refractivity contribution in [3.63, 3.8) is 0 Å². The van der Waals surface area contributed by atoms with Crippen LogP contribution in [0.25, 0.3) is 0 Å². The van der Waals surface area contributed by atoms with Gasteiger partial charge in [-0.05, 0) is 55.2 Å². The molecular weight excluding hydrogens is 411 g/mol. The first-order chi connectivity index (χ1) is 15.3. The van der Waals surface area contributed by atoms with Gasteiger partial charge in [-0.3, -0.25) is 19.3 Å². The van der Waals surface area contributed by atoms with Gasteiger partial charge in [0.15, 0.2) is 0 Å². The van der Waals surface area contributed by atoms with Gasteiger partial charge in [0.2, 0.25) is 11.8 Å². The summed E-state index contributed by atoms with van der Waals surface area (Å²) in [4.78, 5) is 43.7. The minimum absolute atomic E-state index is 0.122. The Morgan fingerprint density at radius 2 is 1.84 bits per heavy atom. The molecule has 4 rings (SSSR count). The molecular formula is C24H27FN4O3. The maximum absolute atomic E-state index is 13.4. The number of carbonyl (C=O) groups is 3. The number of nitrogens with zero attached hydrogens (tertiary/aromatic N) is 3. The van der Waals surface area contributed by atoms with Crippen LogP contribution in [0.3, 0.4) is 0 Å². The molecule has 32 heavy (non-hydrogen) atoms. The van der Waals surface area contributed by atoms with Gasteiger partial charge in [0, 0.05) is 32.7 Å². The molecule has 8 heteroatoms. The lowest BCUT2D eigenvalue weighted by atomic mass is 9.95. The van der Waals surface area contributed by atoms with Crippen molar-refractivity contribution < 1.29 is 18.8 Å². The average Bonchev–Trinajstić information content (AvgIpc) is 2.80. The molecule has 0 aromatic heterocycles. The monoisotopic (exact) mass is 438 g/mol. The Bertz CT molecular complexity index is 1040. The highest BCUT2D eigenvalue weighted by molar-refractivity contribution is 6.09. The minimum Gasteiger partial charge on any atom is -0.358 e. The van der Waals surface area contributed by atoms with Gasteiger partial charge in [-0.25, -0.2) is 4.39 Å². The highest BCUT2D eigenvalue weighted by atomic mass is 19.1. The normalized spacial score (nSPS) is 17.5. The van der Waals surface area contributed by atoms with Gasteiger partial charge in [-0.2, -0.15) is 0 Å². The Morgan fingerprint density at radius 3 is 2.56 bits per heavy atom. The third-order valence-corrected chi connectivity index (χ3v) is 5.99. The molecule has 0 radical (unpaired) electrons. The molecule has 2 aromatic carbocycles. The van der Waals surface area contributed by atoms with Gasteiger partial charge in [0.25, 0.3) is 5.91 Å². The summed E-state index contributed by atoms with van der Waals surface area (Å²) in [6, 6.07) is 11.0. The molecule has 7 nitrogen and oxygen atoms in total. The van der Waals surface area contributed by atoms with E-state index in [1.165, 1.54) is 21.9 Å². The molecule has 2 aromatic rings. The summed E-state index contributed by atoms with van der Waals surface area (Å²) >= 11 is 0. The van der Waals surface area contributed by atoms with E-state index in [1.807, 2.05) is 6.07 Å². The third-order valence-electron chi connectivity index (χ3n) is 5.99. The fourth-order valence-corrected chi connectivity index (χ4v) is 4.31. The second-order valence-corrected chi connectivity index (χ2v) is 8.44. The summed E-state index contributed by atoms with van der Waals surface area (Å²) in [7, 11) is 3.35. The second kappa shape index (κ2) is 8.98. The van der Waals surface area contributed by atoms with E-state index >= 15 is 0 Å². The van der Waals surface area contributed by atoms with Crippen LogP contribution in [-0.2, 0) is 16.1 Å². The summed E-state index contributed by atoms with van der Waals surface area (Å²) in [5.41, 5.74) is 2.69. The number of nitrogens with one attached hydrogen (secondary N) is 1. The van der Waals surface area contributed by atoms with E-state index in [4.69, 9.17) is 0 Å². The number of hydrogen-bond donors (Lipinski definition) is 1. The minimum atomic E-state index is -0.337. The summed E-state index contributed by atoms with van der Waals surface area (Å²) in [6.07, 6.45) is 2.70. The van der Waals surface area contributed by atoms with Crippen molar-refractivity contribution in [3.05, 3.63) is 59.4 Å². The zero-order valence-electron chi connectivity index (χ0n) is 18.3. The average molecular weight is 439 g/mol. The van der Waals surface area contributed by atoms with Crippen LogP contribution < -0.4 is 15.1 Å². The van der Waals surface area contributed by atoms with E-state index < -0.39 is 0 Å². The SMILES string of the molecule is CN(C)C(=O)c1ccc2c(c1)N(CC(=O)NCc1ccc(F)cc1)C(=O)C1CCCCN21. The summed E-state index contributed by atoms with van der Waals surface area (Å²) < 4.78 is 13.1. The largest absolute Gasteiger partial charge is 0.358 e. The van der Waals surface area contributed by atoms with Crippen LogP contribution in [0.2, 0.25) is 0 Å². The number of hydrogen-bond acceptors (Lipinski definition) is 4. The molecule has 0 bridgehead atoms. The van der Waals surface area contributed by atoms with Crippen LogP contribution in [0.5, 0.6) is 0 Å². The van der Waals surface area contributed by atoms with E-state index in [0.717, 1.165) is 37.1 Å². The van der Waals surface area contributed by atoms with Crippen LogP contribution in [0.4, 0.5) is 15.8 Å². The lowest BCUT2D eigenvalue weighted by Crippen LogP contribution is -2.57. The highest BCUT2D eigenvalue weighted by Crippen LogP contribution is 2.40. The standard InChI is InChI=1S/C24H27FN4O3/c1-27(2)23(31)17-8-11-19-21(13-17)29(24(32)20-5-3-4-12-28(19)20)15-22(30)26-14-16-6-9-18(25)10-7-16/h6-11,13,20H,3-5,12,14-15H2,1-2H3,(H,26,30). The van der Waals surface area contributed by atoms with Gasteiger partial charge in [0.05, 0.1) is 11.4 Å². The Kier molecular flexibility index (Phi) is 6.12. The molecule has 0 spiro atoms. The second-order valence-electron chi connectivity index (χ2n) is 8.44. The van der Waals surface area contributed by atoms with Crippen LogP contribution in [0.1, 0.15) is 35.2 Å². The van der Waals surface area contributed by atoms with Crippen molar-refractivity contribution in [2.24, 2.45) is 0 Å². The summed E-state index contributed by atoms with van der Waals surface area (Å²) in [6.45, 7) is 0.870. The van der Waals surface area contributed by atoms with Crippen LogP contribution in [0, 0.1) is 5.82 Å². The van der Waals surface area contributed by atoms with Crippen LogP contribution >= 0.6 is 0 Å². The van der Waals surface area contributed by atoms with E-state index in [1.54, 1.807) is 38.4 Å². The highest BCUT2D eigenvalue weighted by Gasteiger charge is 2.40. The lowest BCUT2D eigenvalue weighted by Gasteiger charge is -2.45. The maximum atomic E-state index is 13.4. The van der Waals surface area contributed by atoms with E-state index in [0.29, 0.717) is 11.3 Å². The number of fused-ring (bicyclic) bond motifs is 3. The number of anilines is 2. The van der Waals surface area contributed by atoms with Gasteiger partial charge in [-0.1, -0.05) is 12.1 Å². The predicted octanol–water partition coefficient (Wildman–Crippen LogP) is 2.55. The molecule has 3 amide bonds. The molecule has 0 aliphatic carbocycles. The molecule has 1 unspecified atom stereocenters. The van der Waals surface area contributed by atoms with Crippen LogP contribution in [0.15, 0.2) is 42.5 Å². The molecule has 2 heterocycles. The lowest BCUT2D eigenvalue weighted by molar-refractivity contribution is -0.125. The van der Waals surface area contributed by atoms with Crippen molar-refractivity contribution in [1.29, 1.82) is 0 Å². The first kappa shape index (κ1) is 21.8. The molecule has 168 valence electrons. The predicted molar refractivity (Wildman–Crippen MR) is 120 cm³/mol. The zero-order chi connectivity index (χ0) is 22.8. The summed E-state index contributed by atoms with van der Waals surface area (Å²) in [5.74, 6) is -0.941. The van der Waals surface area contributed by atoms with Gasteiger partial charge < -0.3 is 15.1 Å². The molecule has 0 saturated carbocycles. The molecule has 1 N–H and O–H groups in total. The number of benzene rings is 2. The fraction of sp³-hybridized carbons (Fsp3) is 0.375. The van der Waals surface area contributed by atoms with E-state index in [-0.39, 0.29) is 42.7 Å². The van der Waals surface area contributed by atoms with Gasteiger partial charge >= 0.3 is 0 Å². The topological polar surface area (TPSA) is 73.0 Å². The first-order valence-electron chi connectivity index (χ1n) is 10.8. The number of piperidine rings is 1. The van der Waals surface area contributed by atoms with Crippen molar-refractivity contribution in [3.8, 4) is 0 Å². The van der Waals surface area contributed by atoms with E-state index in [2.05, 4.69) is 10.2 Å². The Morgan fingerprint density at radius 1 is 1.09 bits per heavy atom. The fourth-order valence-electron chi connectivity index (χ4n) is 4.31. The molecule has 1 atom stereocenters. The molecule has 1 saturated heterocycles. The number of rotatable bonds is 5. The van der Waals surface area contributed by atoms with Crippen molar-refractivity contribution >= 4 is 29.1 Å². The quantitative estimate of drug-likeness (QED) is 0.779. The molecule has 1 fully saturated rings. The van der Waals surface area contributed by atoms with Crippen molar-refractivity contribution in [2.45, 2.75) is 31.8 Å². The number of halogens is 1. The molecule has 2 aliphatic rings. The smallest absolute Gasteiger partial charge is 0.253 e. The Hall–Kier alpha value is -3.42. The third kappa shape index (κ3) is 4.30. The zero-order valence-corrected chi connectivity index (χ0v) is 18.3. The Labute approximate surface area is 186 Å². The Balaban J connectivity index is 1.59. The number of amides is 3. The van der Waals surface area contributed by atoms with Gasteiger partial charge in [0.1, 0.15) is 18.4 Å². The maximum Gasteiger partial charge on any atom is 0.253 e. The van der Waals surface area contributed by atoms with Crippen molar-refractivity contribution in [1.82, 2.24) is 10.2 Å². The van der Waals surface area contributed by atoms with Gasteiger partial charge in [-0.15, -0.1) is 0 Å².